The molecule has 0 aromatic heterocycles. The average molecular weight is 202 g/mol. The van der Waals surface area contributed by atoms with Crippen LogP contribution in [0, 0.1) is 5.92 Å². The molecule has 0 saturated heterocycles. The Morgan fingerprint density at radius 1 is 1.50 bits per heavy atom. The number of hydrogen-bond acceptors (Lipinski definition) is 3. The Bertz CT molecular complexity index is 160. The van der Waals surface area contributed by atoms with Crippen molar-refractivity contribution in [1.82, 2.24) is 5.32 Å². The maximum absolute atomic E-state index is 10.8. The van der Waals surface area contributed by atoms with Crippen molar-refractivity contribution in [2.24, 2.45) is 11.7 Å². The number of primary amides is 1. The van der Waals surface area contributed by atoms with E-state index >= 15 is 0 Å². The average Bonchev–Trinajstić information content (AvgIpc) is 2.10. The summed E-state index contributed by atoms with van der Waals surface area (Å²) in [5, 5.41) is 2.80. The van der Waals surface area contributed by atoms with Crippen LogP contribution in [-0.2, 0) is 9.53 Å². The summed E-state index contributed by atoms with van der Waals surface area (Å²) >= 11 is 0. The molecule has 0 aliphatic carbocycles. The first-order chi connectivity index (χ1) is 6.57. The lowest BCUT2D eigenvalue weighted by Gasteiger charge is -2.12. The van der Waals surface area contributed by atoms with Crippen molar-refractivity contribution in [3.05, 3.63) is 0 Å². The van der Waals surface area contributed by atoms with E-state index in [1.165, 1.54) is 0 Å². The molecule has 14 heavy (non-hydrogen) atoms. The van der Waals surface area contributed by atoms with Crippen LogP contribution >= 0.6 is 0 Å². The van der Waals surface area contributed by atoms with Crippen LogP contribution in [0.3, 0.4) is 0 Å². The summed E-state index contributed by atoms with van der Waals surface area (Å²) in [6.45, 7) is 5.42. The van der Waals surface area contributed by atoms with Gasteiger partial charge >= 0.3 is 0 Å². The lowest BCUT2D eigenvalue weighted by Crippen LogP contribution is -2.42. The van der Waals surface area contributed by atoms with E-state index in [9.17, 15) is 4.79 Å². The van der Waals surface area contributed by atoms with Crippen molar-refractivity contribution >= 4 is 5.91 Å². The van der Waals surface area contributed by atoms with Gasteiger partial charge in [0.05, 0.1) is 6.61 Å². The first-order valence-electron chi connectivity index (χ1n) is 5.12. The van der Waals surface area contributed by atoms with Crippen molar-refractivity contribution in [2.75, 3.05) is 20.3 Å². The Hall–Kier alpha value is -0.610. The van der Waals surface area contributed by atoms with Gasteiger partial charge in [0.25, 0.3) is 0 Å². The molecule has 3 N–H and O–H groups in total. The van der Waals surface area contributed by atoms with E-state index in [0.717, 1.165) is 12.8 Å². The zero-order valence-electron chi connectivity index (χ0n) is 9.38. The number of nitrogens with one attached hydrogen (secondary N) is 1. The van der Waals surface area contributed by atoms with Gasteiger partial charge in [-0.25, -0.2) is 0 Å². The maximum Gasteiger partial charge on any atom is 0.236 e. The number of ether oxygens (including phenoxy) is 1. The van der Waals surface area contributed by atoms with Crippen LogP contribution in [0.2, 0.25) is 0 Å². The Morgan fingerprint density at radius 2 is 2.14 bits per heavy atom. The quantitative estimate of drug-likeness (QED) is 0.564. The number of amides is 1. The van der Waals surface area contributed by atoms with Crippen LogP contribution in [0.15, 0.2) is 0 Å². The third kappa shape index (κ3) is 6.86. The molecule has 0 saturated carbocycles. The molecule has 0 fully saturated rings. The van der Waals surface area contributed by atoms with Gasteiger partial charge in [0.15, 0.2) is 0 Å². The minimum atomic E-state index is -0.367. The molecule has 0 spiro atoms. The molecule has 0 aliphatic heterocycles. The molecule has 1 unspecified atom stereocenters. The number of hydrogen-bond donors (Lipinski definition) is 2. The molecule has 4 heteroatoms. The summed E-state index contributed by atoms with van der Waals surface area (Å²) in [4.78, 5) is 10.8. The van der Waals surface area contributed by atoms with Gasteiger partial charge in [0.1, 0.15) is 6.04 Å². The lowest BCUT2D eigenvalue weighted by atomic mass is 10.1. The van der Waals surface area contributed by atoms with Crippen LogP contribution in [-0.4, -0.2) is 32.2 Å². The molecule has 1 amide bonds. The van der Waals surface area contributed by atoms with Crippen LogP contribution < -0.4 is 11.1 Å². The van der Waals surface area contributed by atoms with Gasteiger partial charge in [0.2, 0.25) is 5.91 Å². The van der Waals surface area contributed by atoms with Gasteiger partial charge in [-0.15, -0.1) is 0 Å². The summed E-state index contributed by atoms with van der Waals surface area (Å²) in [5.41, 5.74) is 5.13. The van der Waals surface area contributed by atoms with Gasteiger partial charge in [-0.3, -0.25) is 4.79 Å². The predicted octanol–water partition coefficient (Wildman–Crippen LogP) is 0.513. The molecule has 0 aromatic carbocycles. The molecule has 4 nitrogen and oxygen atoms in total. The standard InChI is InChI=1S/C10H22N2O2/c1-8(2)5-4-6-14-7-9(12-3)10(11)13/h8-9,12H,4-7H2,1-3H3,(H2,11,13). The second kappa shape index (κ2) is 7.76. The van der Waals surface area contributed by atoms with E-state index in [1.807, 2.05) is 0 Å². The van der Waals surface area contributed by atoms with Gasteiger partial charge in [0, 0.05) is 6.61 Å². The fraction of sp³-hybridized carbons (Fsp3) is 0.900. The molecular weight excluding hydrogens is 180 g/mol. The highest BCUT2D eigenvalue weighted by Gasteiger charge is 2.11. The zero-order valence-corrected chi connectivity index (χ0v) is 9.38. The van der Waals surface area contributed by atoms with Crippen LogP contribution in [0.25, 0.3) is 0 Å². The number of rotatable bonds is 8. The number of carbonyl (C=O) groups is 1. The molecule has 0 bridgehead atoms. The third-order valence-corrected chi connectivity index (χ3v) is 2.05. The van der Waals surface area contributed by atoms with Gasteiger partial charge < -0.3 is 15.8 Å². The largest absolute Gasteiger partial charge is 0.379 e. The Morgan fingerprint density at radius 3 is 2.57 bits per heavy atom. The van der Waals surface area contributed by atoms with Crippen LogP contribution in [0.4, 0.5) is 0 Å². The SMILES string of the molecule is CNC(COCCCC(C)C)C(N)=O. The van der Waals surface area contributed by atoms with E-state index in [0.29, 0.717) is 19.1 Å². The highest BCUT2D eigenvalue weighted by molar-refractivity contribution is 5.79. The fourth-order valence-corrected chi connectivity index (χ4v) is 1.10. The van der Waals surface area contributed by atoms with E-state index in [-0.39, 0.29) is 11.9 Å². The Balaban J connectivity index is 3.38. The molecule has 0 aliphatic rings. The van der Waals surface area contributed by atoms with Gasteiger partial charge in [-0.2, -0.15) is 0 Å². The van der Waals surface area contributed by atoms with E-state index in [4.69, 9.17) is 10.5 Å². The normalized spacial score (nSPS) is 13.1. The monoisotopic (exact) mass is 202 g/mol. The predicted molar refractivity (Wildman–Crippen MR) is 56.9 cm³/mol. The highest BCUT2D eigenvalue weighted by atomic mass is 16.5. The van der Waals surface area contributed by atoms with Crippen molar-refractivity contribution in [3.8, 4) is 0 Å². The molecule has 0 radical (unpaired) electrons. The van der Waals surface area contributed by atoms with E-state index < -0.39 is 0 Å². The van der Waals surface area contributed by atoms with Crippen molar-refractivity contribution in [2.45, 2.75) is 32.7 Å². The number of likely N-dealkylation sites (N-methyl/N-ethyl adjacent to an activating group) is 1. The second-order valence-electron chi connectivity index (χ2n) is 3.85. The highest BCUT2D eigenvalue weighted by Crippen LogP contribution is 2.03. The van der Waals surface area contributed by atoms with Gasteiger partial charge in [-0.05, 0) is 25.8 Å². The van der Waals surface area contributed by atoms with E-state index in [2.05, 4.69) is 19.2 Å². The Labute approximate surface area is 86.2 Å². The first-order valence-corrected chi connectivity index (χ1v) is 5.12. The molecule has 0 heterocycles. The second-order valence-corrected chi connectivity index (χ2v) is 3.85. The molecular formula is C10H22N2O2. The lowest BCUT2D eigenvalue weighted by molar-refractivity contribution is -0.121. The molecule has 0 aromatic rings. The number of carbonyl (C=O) groups excluding carboxylic acids is 1. The van der Waals surface area contributed by atoms with Gasteiger partial charge in [-0.1, -0.05) is 13.8 Å². The third-order valence-electron chi connectivity index (χ3n) is 2.05. The molecule has 84 valence electrons. The van der Waals surface area contributed by atoms with Crippen LogP contribution in [0.1, 0.15) is 26.7 Å². The summed E-state index contributed by atoms with van der Waals surface area (Å²) in [6, 6.07) is -0.367. The first kappa shape index (κ1) is 13.4. The molecule has 0 rings (SSSR count). The number of nitrogens with two attached hydrogens (primary N) is 1. The minimum absolute atomic E-state index is 0.364. The summed E-state index contributed by atoms with van der Waals surface area (Å²) in [6.07, 6.45) is 2.19. The smallest absolute Gasteiger partial charge is 0.236 e. The fourth-order valence-electron chi connectivity index (χ4n) is 1.10. The van der Waals surface area contributed by atoms with Crippen molar-refractivity contribution in [3.63, 3.8) is 0 Å². The van der Waals surface area contributed by atoms with Crippen LogP contribution in [0.5, 0.6) is 0 Å². The van der Waals surface area contributed by atoms with E-state index in [1.54, 1.807) is 7.05 Å². The zero-order chi connectivity index (χ0) is 11.0. The van der Waals surface area contributed by atoms with Crippen molar-refractivity contribution in [1.29, 1.82) is 0 Å². The molecule has 1 atom stereocenters. The summed E-state index contributed by atoms with van der Waals surface area (Å²) in [5.74, 6) is 0.339. The minimum Gasteiger partial charge on any atom is -0.379 e. The topological polar surface area (TPSA) is 64.3 Å². The Kier molecular flexibility index (Phi) is 7.42. The maximum atomic E-state index is 10.8. The summed E-state index contributed by atoms with van der Waals surface area (Å²) < 4.78 is 5.34. The van der Waals surface area contributed by atoms with Crippen molar-refractivity contribution < 1.29 is 9.53 Å². The summed E-state index contributed by atoms with van der Waals surface area (Å²) in [7, 11) is 1.70.